The molecule has 0 saturated carbocycles. The van der Waals surface area contributed by atoms with Gasteiger partial charge in [0.05, 0.1) is 4.90 Å². The highest BCUT2D eigenvalue weighted by atomic mass is 32.2. The van der Waals surface area contributed by atoms with Gasteiger partial charge < -0.3 is 0 Å². The normalized spacial score (nSPS) is 13.3. The Balaban J connectivity index is 1.99. The lowest BCUT2D eigenvalue weighted by molar-refractivity contribution is 0.568. The van der Waals surface area contributed by atoms with Gasteiger partial charge in [0.2, 0.25) is 10.0 Å². The Morgan fingerprint density at radius 2 is 1.57 bits per heavy atom. The molecule has 3 rings (SSSR count). The number of sulfonamides is 1. The van der Waals surface area contributed by atoms with E-state index in [2.05, 4.69) is 4.72 Å². The van der Waals surface area contributed by atoms with Crippen molar-refractivity contribution in [2.45, 2.75) is 35.1 Å². The summed E-state index contributed by atoms with van der Waals surface area (Å²) in [5.74, 6) is -0.502. The third-order valence-electron chi connectivity index (χ3n) is 4.72. The summed E-state index contributed by atoms with van der Waals surface area (Å²) in [6, 6.07) is 11.7. The molecule has 0 aliphatic heterocycles. The Bertz CT molecular complexity index is 1230. The Morgan fingerprint density at radius 1 is 0.967 bits per heavy atom. The van der Waals surface area contributed by atoms with Crippen molar-refractivity contribution in [1.82, 2.24) is 4.72 Å². The number of hydrogen-bond donors (Lipinski definition) is 1. The van der Waals surface area contributed by atoms with Crippen LogP contribution in [-0.2, 0) is 19.9 Å². The molecule has 0 amide bonds. The zero-order valence-corrected chi connectivity index (χ0v) is 19.2. The minimum Gasteiger partial charge on any atom is -0.222 e. The largest absolute Gasteiger partial charge is 0.241 e. The fourth-order valence-corrected chi connectivity index (χ4v) is 7.97. The highest BCUT2D eigenvalue weighted by Crippen LogP contribution is 2.32. The smallest absolute Gasteiger partial charge is 0.222 e. The van der Waals surface area contributed by atoms with Gasteiger partial charge in [-0.15, -0.1) is 11.3 Å². The maximum absolute atomic E-state index is 13.4. The molecule has 0 fully saturated rings. The van der Waals surface area contributed by atoms with Gasteiger partial charge in [-0.2, -0.15) is 0 Å². The van der Waals surface area contributed by atoms with Gasteiger partial charge in [-0.05, 0) is 61.0 Å². The second kappa shape index (κ2) is 8.58. The van der Waals surface area contributed by atoms with Crippen molar-refractivity contribution in [3.63, 3.8) is 0 Å². The number of thiophene rings is 1. The van der Waals surface area contributed by atoms with Crippen LogP contribution in [0.4, 0.5) is 4.39 Å². The summed E-state index contributed by atoms with van der Waals surface area (Å²) >= 11 is 1.05. The van der Waals surface area contributed by atoms with Gasteiger partial charge in [-0.25, -0.2) is 25.9 Å². The minimum absolute atomic E-state index is 0.124. The van der Waals surface area contributed by atoms with E-state index in [9.17, 15) is 21.2 Å². The molecule has 0 aliphatic carbocycles. The van der Waals surface area contributed by atoms with E-state index in [1.807, 2.05) is 6.92 Å². The van der Waals surface area contributed by atoms with E-state index < -0.39 is 30.9 Å². The molecular formula is C21H22FNO4S3. The van der Waals surface area contributed by atoms with Crippen molar-refractivity contribution in [3.05, 3.63) is 82.0 Å². The van der Waals surface area contributed by atoms with E-state index >= 15 is 0 Å². The van der Waals surface area contributed by atoms with Crippen LogP contribution in [0.3, 0.4) is 0 Å². The van der Waals surface area contributed by atoms with Crippen LogP contribution in [-0.4, -0.2) is 23.4 Å². The number of nitrogens with one attached hydrogen (secondary N) is 1. The van der Waals surface area contributed by atoms with Crippen molar-refractivity contribution < 1.29 is 21.2 Å². The first kappa shape index (κ1) is 22.6. The SMILES string of the molecule is Cc1cc(C)c(S(=O)(=O)NC[C@H](c2ccc(F)cc2)S(=O)(=O)c2cccs2)c(C)c1. The molecule has 1 N–H and O–H groups in total. The molecule has 0 aliphatic rings. The lowest BCUT2D eigenvalue weighted by Gasteiger charge is -2.19. The summed E-state index contributed by atoms with van der Waals surface area (Å²) in [7, 11) is -7.85. The Labute approximate surface area is 180 Å². The van der Waals surface area contributed by atoms with Crippen LogP contribution in [0.25, 0.3) is 0 Å². The fourth-order valence-electron chi connectivity index (χ4n) is 3.50. The Morgan fingerprint density at radius 3 is 2.10 bits per heavy atom. The van der Waals surface area contributed by atoms with Crippen molar-refractivity contribution >= 4 is 31.2 Å². The molecule has 0 saturated heterocycles. The molecule has 3 aromatic rings. The quantitative estimate of drug-likeness (QED) is 0.562. The third kappa shape index (κ3) is 4.64. The average molecular weight is 468 g/mol. The molecule has 0 spiro atoms. The molecule has 9 heteroatoms. The van der Waals surface area contributed by atoms with Gasteiger partial charge in [0.25, 0.3) is 0 Å². The van der Waals surface area contributed by atoms with E-state index in [0.29, 0.717) is 16.7 Å². The molecule has 5 nitrogen and oxygen atoms in total. The van der Waals surface area contributed by atoms with Crippen LogP contribution in [0, 0.1) is 26.6 Å². The van der Waals surface area contributed by atoms with Crippen molar-refractivity contribution in [3.8, 4) is 0 Å². The summed E-state index contributed by atoms with van der Waals surface area (Å²) in [6.07, 6.45) is 0. The first-order valence-electron chi connectivity index (χ1n) is 9.13. The van der Waals surface area contributed by atoms with Gasteiger partial charge >= 0.3 is 0 Å². The van der Waals surface area contributed by atoms with Crippen molar-refractivity contribution in [1.29, 1.82) is 0 Å². The zero-order chi connectivity index (χ0) is 22.1. The molecule has 1 aromatic heterocycles. The molecule has 1 atom stereocenters. The predicted octanol–water partition coefficient (Wildman–Crippen LogP) is 4.31. The highest BCUT2D eigenvalue weighted by molar-refractivity contribution is 7.93. The molecule has 0 radical (unpaired) electrons. The van der Waals surface area contributed by atoms with Gasteiger partial charge in [-0.1, -0.05) is 35.9 Å². The van der Waals surface area contributed by atoms with Gasteiger partial charge in [0.15, 0.2) is 9.84 Å². The van der Waals surface area contributed by atoms with Gasteiger partial charge in [-0.3, -0.25) is 0 Å². The van der Waals surface area contributed by atoms with Crippen molar-refractivity contribution in [2.24, 2.45) is 0 Å². The van der Waals surface area contributed by atoms with Crippen LogP contribution < -0.4 is 4.72 Å². The number of benzene rings is 2. The third-order valence-corrected chi connectivity index (χ3v) is 9.98. The molecule has 2 aromatic carbocycles. The second-order valence-corrected chi connectivity index (χ2v) is 12.1. The average Bonchev–Trinajstić information content (AvgIpc) is 3.17. The van der Waals surface area contributed by atoms with Crippen LogP contribution >= 0.6 is 11.3 Å². The molecule has 30 heavy (non-hydrogen) atoms. The molecule has 1 heterocycles. The minimum atomic E-state index is -3.96. The van der Waals surface area contributed by atoms with E-state index in [4.69, 9.17) is 0 Å². The summed E-state index contributed by atoms with van der Waals surface area (Å²) < 4.78 is 68.4. The van der Waals surface area contributed by atoms with Crippen molar-refractivity contribution in [2.75, 3.05) is 6.54 Å². The lowest BCUT2D eigenvalue weighted by atomic mass is 10.1. The standard InChI is InChI=1S/C21H22FNO4S3/c1-14-11-15(2)21(16(3)12-14)30(26,27)23-13-19(17-6-8-18(22)9-7-17)29(24,25)20-5-4-10-28-20/h4-12,19,23H,13H2,1-3H3/t19-/m1/s1. The van der Waals surface area contributed by atoms with Crippen LogP contribution in [0.2, 0.25) is 0 Å². The molecule has 0 unspecified atom stereocenters. The summed E-state index contributed by atoms with van der Waals surface area (Å²) in [6.45, 7) is 4.91. The van der Waals surface area contributed by atoms with E-state index in [-0.39, 0.29) is 15.6 Å². The Kier molecular flexibility index (Phi) is 6.47. The topological polar surface area (TPSA) is 80.3 Å². The summed E-state index contributed by atoms with van der Waals surface area (Å²) in [4.78, 5) is 0.138. The molecule has 160 valence electrons. The molecular weight excluding hydrogens is 445 g/mol. The lowest BCUT2D eigenvalue weighted by Crippen LogP contribution is -2.32. The summed E-state index contributed by atoms with van der Waals surface area (Å²) in [5.41, 5.74) is 2.41. The maximum Gasteiger partial charge on any atom is 0.241 e. The van der Waals surface area contributed by atoms with Gasteiger partial charge in [0.1, 0.15) is 15.3 Å². The zero-order valence-electron chi connectivity index (χ0n) is 16.7. The first-order valence-corrected chi connectivity index (χ1v) is 13.0. The van der Waals surface area contributed by atoms with Crippen LogP contribution in [0.1, 0.15) is 27.5 Å². The monoisotopic (exact) mass is 467 g/mol. The number of hydrogen-bond acceptors (Lipinski definition) is 5. The number of sulfone groups is 1. The van der Waals surface area contributed by atoms with E-state index in [0.717, 1.165) is 29.0 Å². The Hall–Kier alpha value is -2.07. The maximum atomic E-state index is 13.4. The first-order chi connectivity index (χ1) is 14.0. The number of rotatable bonds is 7. The van der Waals surface area contributed by atoms with E-state index in [1.54, 1.807) is 37.4 Å². The van der Waals surface area contributed by atoms with Crippen LogP contribution in [0.15, 0.2) is 63.0 Å². The second-order valence-electron chi connectivity index (χ2n) is 7.10. The highest BCUT2D eigenvalue weighted by Gasteiger charge is 2.32. The fraction of sp³-hybridized carbons (Fsp3) is 0.238. The van der Waals surface area contributed by atoms with Crippen LogP contribution in [0.5, 0.6) is 0 Å². The van der Waals surface area contributed by atoms with E-state index in [1.165, 1.54) is 18.2 Å². The van der Waals surface area contributed by atoms with Gasteiger partial charge in [0, 0.05) is 6.54 Å². The predicted molar refractivity (Wildman–Crippen MR) is 116 cm³/mol. The molecule has 0 bridgehead atoms. The number of aryl methyl sites for hydroxylation is 3. The summed E-state index contributed by atoms with van der Waals surface area (Å²) in [5, 5.41) is 0.440. The number of halogens is 1.